The van der Waals surface area contributed by atoms with Crippen LogP contribution >= 0.6 is 34.8 Å². The van der Waals surface area contributed by atoms with Crippen LogP contribution in [0.25, 0.3) is 0 Å². The van der Waals surface area contributed by atoms with Crippen molar-refractivity contribution in [2.75, 3.05) is 17.2 Å². The molecule has 21 heavy (non-hydrogen) atoms. The van der Waals surface area contributed by atoms with E-state index in [0.717, 1.165) is 5.69 Å². The van der Waals surface area contributed by atoms with Gasteiger partial charge in [-0.1, -0.05) is 34.8 Å². The van der Waals surface area contributed by atoms with Crippen LogP contribution in [0.15, 0.2) is 42.5 Å². The molecule has 0 radical (unpaired) electrons. The predicted octanol–water partition coefficient (Wildman–Crippen LogP) is 5.09. The van der Waals surface area contributed by atoms with Crippen molar-refractivity contribution in [3.05, 3.63) is 57.5 Å². The van der Waals surface area contributed by atoms with Gasteiger partial charge in [0.05, 0.1) is 10.7 Å². The van der Waals surface area contributed by atoms with Crippen LogP contribution < -0.4 is 10.6 Å². The number of hydrogen-bond donors (Lipinski definition) is 2. The Morgan fingerprint density at radius 1 is 0.952 bits per heavy atom. The molecule has 0 unspecified atom stereocenters. The molecule has 0 aliphatic carbocycles. The van der Waals surface area contributed by atoms with E-state index >= 15 is 0 Å². The highest BCUT2D eigenvalue weighted by molar-refractivity contribution is 6.35. The largest absolute Gasteiger partial charge is 0.385 e. The van der Waals surface area contributed by atoms with E-state index in [1.54, 1.807) is 30.3 Å². The fraction of sp³-hybridized carbons (Fsp3) is 0.133. The molecule has 2 N–H and O–H groups in total. The van der Waals surface area contributed by atoms with Gasteiger partial charge in [0.1, 0.15) is 0 Å². The highest BCUT2D eigenvalue weighted by Gasteiger charge is 2.06. The van der Waals surface area contributed by atoms with Crippen molar-refractivity contribution in [2.24, 2.45) is 0 Å². The molecule has 2 rings (SSSR count). The summed E-state index contributed by atoms with van der Waals surface area (Å²) in [5.74, 6) is -0.138. The van der Waals surface area contributed by atoms with Gasteiger partial charge in [-0.2, -0.15) is 0 Å². The molecular weight excluding hydrogens is 331 g/mol. The van der Waals surface area contributed by atoms with Gasteiger partial charge in [-0.3, -0.25) is 4.79 Å². The quantitative estimate of drug-likeness (QED) is 0.794. The lowest BCUT2D eigenvalue weighted by Crippen LogP contribution is -2.16. The first kappa shape index (κ1) is 16.0. The van der Waals surface area contributed by atoms with Crippen molar-refractivity contribution in [3.8, 4) is 0 Å². The van der Waals surface area contributed by atoms with Crippen LogP contribution in [0.1, 0.15) is 6.42 Å². The lowest BCUT2D eigenvalue weighted by molar-refractivity contribution is -0.115. The summed E-state index contributed by atoms with van der Waals surface area (Å²) in [5, 5.41) is 7.52. The van der Waals surface area contributed by atoms with E-state index in [9.17, 15) is 4.79 Å². The second kappa shape index (κ2) is 7.55. The van der Waals surface area contributed by atoms with Crippen LogP contribution in [-0.2, 0) is 4.79 Å². The van der Waals surface area contributed by atoms with Gasteiger partial charge < -0.3 is 10.6 Å². The van der Waals surface area contributed by atoms with Crippen molar-refractivity contribution in [2.45, 2.75) is 6.42 Å². The summed E-state index contributed by atoms with van der Waals surface area (Å²) in [5.41, 5.74) is 1.42. The average Bonchev–Trinajstić information content (AvgIpc) is 2.45. The van der Waals surface area contributed by atoms with Crippen LogP contribution in [-0.4, -0.2) is 12.5 Å². The molecule has 0 saturated carbocycles. The van der Waals surface area contributed by atoms with E-state index < -0.39 is 0 Å². The fourth-order valence-corrected chi connectivity index (χ4v) is 2.16. The number of carbonyl (C=O) groups is 1. The summed E-state index contributed by atoms with van der Waals surface area (Å²) in [6, 6.07) is 12.2. The summed E-state index contributed by atoms with van der Waals surface area (Å²) < 4.78 is 0. The van der Waals surface area contributed by atoms with Crippen LogP contribution in [0.3, 0.4) is 0 Å². The molecule has 0 aromatic heterocycles. The highest BCUT2D eigenvalue weighted by Crippen LogP contribution is 2.25. The molecule has 0 aliphatic heterocycles. The summed E-state index contributed by atoms with van der Waals surface area (Å²) in [7, 11) is 0. The number of benzene rings is 2. The number of carbonyl (C=O) groups excluding carboxylic acids is 1. The third kappa shape index (κ3) is 5.12. The summed E-state index contributed by atoms with van der Waals surface area (Å²) >= 11 is 17.6. The Morgan fingerprint density at radius 3 is 2.33 bits per heavy atom. The van der Waals surface area contributed by atoms with E-state index in [0.29, 0.717) is 33.7 Å². The lowest BCUT2D eigenvalue weighted by Gasteiger charge is -2.09. The monoisotopic (exact) mass is 342 g/mol. The van der Waals surface area contributed by atoms with Gasteiger partial charge in [0.15, 0.2) is 0 Å². The van der Waals surface area contributed by atoms with Gasteiger partial charge in [0, 0.05) is 28.7 Å². The Kier molecular flexibility index (Phi) is 5.74. The molecule has 0 heterocycles. The number of anilines is 2. The van der Waals surface area contributed by atoms with Gasteiger partial charge in [-0.25, -0.2) is 0 Å². The SMILES string of the molecule is O=C(CCNc1ccc(Cl)cc1)Nc1cc(Cl)ccc1Cl. The van der Waals surface area contributed by atoms with Crippen molar-refractivity contribution >= 4 is 52.1 Å². The standard InChI is InChI=1S/C15H13Cl3N2O/c16-10-1-4-12(5-2-10)19-8-7-15(21)20-14-9-11(17)3-6-13(14)18/h1-6,9,19H,7-8H2,(H,20,21). The number of rotatable bonds is 5. The van der Waals surface area contributed by atoms with Crippen LogP contribution in [0, 0.1) is 0 Å². The Bertz CT molecular complexity index is 629. The lowest BCUT2D eigenvalue weighted by atomic mass is 10.3. The molecule has 0 bridgehead atoms. The van der Waals surface area contributed by atoms with Gasteiger partial charge in [-0.05, 0) is 42.5 Å². The molecule has 0 aliphatic rings. The molecule has 3 nitrogen and oxygen atoms in total. The van der Waals surface area contributed by atoms with Crippen molar-refractivity contribution < 1.29 is 4.79 Å². The molecular formula is C15H13Cl3N2O. The molecule has 1 amide bonds. The Hall–Kier alpha value is -1.42. The molecule has 2 aromatic rings. The molecule has 110 valence electrons. The van der Waals surface area contributed by atoms with Crippen LogP contribution in [0.4, 0.5) is 11.4 Å². The first-order chi connectivity index (χ1) is 10.0. The van der Waals surface area contributed by atoms with Crippen molar-refractivity contribution in [1.82, 2.24) is 0 Å². The molecule has 2 aromatic carbocycles. The topological polar surface area (TPSA) is 41.1 Å². The summed E-state index contributed by atoms with van der Waals surface area (Å²) in [6.07, 6.45) is 0.311. The zero-order chi connectivity index (χ0) is 15.2. The summed E-state index contributed by atoms with van der Waals surface area (Å²) in [6.45, 7) is 0.506. The smallest absolute Gasteiger partial charge is 0.226 e. The predicted molar refractivity (Wildman–Crippen MR) is 89.7 cm³/mol. The number of halogens is 3. The van der Waals surface area contributed by atoms with E-state index in [1.165, 1.54) is 0 Å². The van der Waals surface area contributed by atoms with Crippen LogP contribution in [0.2, 0.25) is 15.1 Å². The third-order valence-electron chi connectivity index (χ3n) is 2.73. The van der Waals surface area contributed by atoms with Crippen molar-refractivity contribution in [3.63, 3.8) is 0 Å². The average molecular weight is 344 g/mol. The molecule has 0 fully saturated rings. The first-order valence-electron chi connectivity index (χ1n) is 6.29. The molecule has 6 heteroatoms. The van der Waals surface area contributed by atoms with E-state index in [1.807, 2.05) is 12.1 Å². The number of hydrogen-bond acceptors (Lipinski definition) is 2. The third-order valence-corrected chi connectivity index (χ3v) is 3.54. The highest BCUT2D eigenvalue weighted by atomic mass is 35.5. The summed E-state index contributed by atoms with van der Waals surface area (Å²) in [4.78, 5) is 11.8. The normalized spacial score (nSPS) is 10.2. The second-order valence-electron chi connectivity index (χ2n) is 4.36. The minimum Gasteiger partial charge on any atom is -0.385 e. The first-order valence-corrected chi connectivity index (χ1v) is 7.42. The van der Waals surface area contributed by atoms with Gasteiger partial charge in [0.25, 0.3) is 0 Å². The fourth-order valence-electron chi connectivity index (χ4n) is 1.69. The van der Waals surface area contributed by atoms with E-state index in [4.69, 9.17) is 34.8 Å². The Balaban J connectivity index is 1.82. The maximum atomic E-state index is 11.8. The molecule has 0 atom stereocenters. The van der Waals surface area contributed by atoms with Gasteiger partial charge in [-0.15, -0.1) is 0 Å². The molecule has 0 spiro atoms. The maximum Gasteiger partial charge on any atom is 0.226 e. The minimum atomic E-state index is -0.138. The second-order valence-corrected chi connectivity index (χ2v) is 5.64. The van der Waals surface area contributed by atoms with Gasteiger partial charge >= 0.3 is 0 Å². The zero-order valence-electron chi connectivity index (χ0n) is 11.0. The number of amides is 1. The van der Waals surface area contributed by atoms with Crippen LogP contribution in [0.5, 0.6) is 0 Å². The Morgan fingerprint density at radius 2 is 1.62 bits per heavy atom. The maximum absolute atomic E-state index is 11.8. The van der Waals surface area contributed by atoms with Gasteiger partial charge in [0.2, 0.25) is 5.91 Å². The minimum absolute atomic E-state index is 0.138. The van der Waals surface area contributed by atoms with E-state index in [-0.39, 0.29) is 5.91 Å². The van der Waals surface area contributed by atoms with E-state index in [2.05, 4.69) is 10.6 Å². The number of nitrogens with one attached hydrogen (secondary N) is 2. The van der Waals surface area contributed by atoms with Crippen molar-refractivity contribution in [1.29, 1.82) is 0 Å². The zero-order valence-corrected chi connectivity index (χ0v) is 13.3. The molecule has 0 saturated heterocycles. The Labute approximate surface area is 138 Å².